The Morgan fingerprint density at radius 2 is 1.73 bits per heavy atom. The summed E-state index contributed by atoms with van der Waals surface area (Å²) in [6, 6.07) is -0.603. The summed E-state index contributed by atoms with van der Waals surface area (Å²) in [5.41, 5.74) is -1.06. The molecule has 3 N–H and O–H groups in total. The minimum absolute atomic E-state index is 0.0309. The monoisotopic (exact) mass is 531 g/mol. The highest BCUT2D eigenvalue weighted by Crippen LogP contribution is 2.26. The number of aromatic nitrogens is 1. The van der Waals surface area contributed by atoms with Crippen LogP contribution < -0.4 is 20.9 Å². The van der Waals surface area contributed by atoms with Crippen molar-refractivity contribution in [3.05, 3.63) is 58.0 Å². The number of methoxy groups -OCH3 is 1. The highest BCUT2D eigenvalue weighted by atomic mass is 19.2. The number of hydrogen-bond donors (Lipinski definition) is 3. The number of carboxylic acids is 1. The Hall–Kier alpha value is -4.43. The number of rotatable bonds is 11. The summed E-state index contributed by atoms with van der Waals surface area (Å²) in [6.07, 6.45) is -0.770. The second-order valence-electron chi connectivity index (χ2n) is 7.39. The molecule has 0 saturated carbocycles. The van der Waals surface area contributed by atoms with E-state index < -0.39 is 83.4 Å². The Bertz CT molecular complexity index is 1240. The standard InChI is InChI=1S/C22H21F4N3O8/c1-3-14(29-6-4-5-12(21(29)34)28-22(35)36-2)20(33)27-13(8-16(31)32)15(30)9-37-19-17(25)10(23)7-11(24)18(19)26/h4-7,13-14H,3,8-9H2,1-2H3,(H,27,33)(H,28,35)(H,31,32)/t13-,14-/m0/s1. The third-order valence-electron chi connectivity index (χ3n) is 4.94. The maximum absolute atomic E-state index is 13.8. The number of pyridine rings is 1. The van der Waals surface area contributed by atoms with Gasteiger partial charge in [0, 0.05) is 12.3 Å². The minimum Gasteiger partial charge on any atom is -0.481 e. The number of carbonyl (C=O) groups excluding carboxylic acids is 3. The van der Waals surface area contributed by atoms with Crippen LogP contribution >= 0.6 is 0 Å². The number of carboxylic acid groups (broad SMARTS) is 1. The Kier molecular flexibility index (Phi) is 9.74. The number of halogens is 4. The van der Waals surface area contributed by atoms with Crippen molar-refractivity contribution < 1.29 is 51.3 Å². The topological polar surface area (TPSA) is 153 Å². The Balaban J connectivity index is 2.26. The number of anilines is 1. The van der Waals surface area contributed by atoms with Gasteiger partial charge in [0.25, 0.3) is 5.56 Å². The third kappa shape index (κ3) is 7.05. The fourth-order valence-corrected chi connectivity index (χ4v) is 3.13. The number of carbonyl (C=O) groups is 4. The number of nitrogens with zero attached hydrogens (tertiary/aromatic N) is 1. The lowest BCUT2D eigenvalue weighted by Gasteiger charge is -2.22. The van der Waals surface area contributed by atoms with E-state index in [0.29, 0.717) is 0 Å². The van der Waals surface area contributed by atoms with E-state index in [4.69, 9.17) is 5.11 Å². The summed E-state index contributed by atoms with van der Waals surface area (Å²) in [4.78, 5) is 60.8. The van der Waals surface area contributed by atoms with E-state index in [1.165, 1.54) is 25.3 Å². The zero-order chi connectivity index (χ0) is 27.9. The van der Waals surface area contributed by atoms with Crippen molar-refractivity contribution in [1.82, 2.24) is 9.88 Å². The minimum atomic E-state index is -1.92. The molecule has 15 heteroatoms. The fraction of sp³-hybridized carbons (Fsp3) is 0.318. The first-order valence-corrected chi connectivity index (χ1v) is 10.5. The lowest BCUT2D eigenvalue weighted by molar-refractivity contribution is -0.140. The Labute approximate surface area is 206 Å². The van der Waals surface area contributed by atoms with Gasteiger partial charge in [-0.1, -0.05) is 6.92 Å². The van der Waals surface area contributed by atoms with Crippen molar-refractivity contribution in [2.24, 2.45) is 0 Å². The first kappa shape index (κ1) is 28.8. The summed E-state index contributed by atoms with van der Waals surface area (Å²) in [5.74, 6) is -12.7. The molecule has 0 unspecified atom stereocenters. The molecule has 1 aromatic carbocycles. The van der Waals surface area contributed by atoms with Crippen molar-refractivity contribution in [2.75, 3.05) is 19.0 Å². The average Bonchev–Trinajstić information content (AvgIpc) is 2.84. The van der Waals surface area contributed by atoms with Gasteiger partial charge in [0.1, 0.15) is 24.4 Å². The van der Waals surface area contributed by atoms with Crippen LogP contribution in [-0.4, -0.2) is 53.2 Å². The molecule has 0 aliphatic heterocycles. The van der Waals surface area contributed by atoms with Gasteiger partial charge in [-0.25, -0.2) is 13.6 Å². The quantitative estimate of drug-likeness (QED) is 0.295. The Morgan fingerprint density at radius 1 is 1.11 bits per heavy atom. The van der Waals surface area contributed by atoms with Gasteiger partial charge in [0.15, 0.2) is 23.2 Å². The second kappa shape index (κ2) is 12.5. The summed E-state index contributed by atoms with van der Waals surface area (Å²) < 4.78 is 64.1. The van der Waals surface area contributed by atoms with Crippen LogP contribution in [0.5, 0.6) is 5.75 Å². The molecule has 200 valence electrons. The molecule has 2 atom stereocenters. The van der Waals surface area contributed by atoms with Crippen molar-refractivity contribution in [2.45, 2.75) is 31.8 Å². The van der Waals surface area contributed by atoms with Crippen LogP contribution in [0.4, 0.5) is 28.0 Å². The maximum atomic E-state index is 13.8. The van der Waals surface area contributed by atoms with Crippen LogP contribution in [0.25, 0.3) is 0 Å². The predicted molar refractivity (Wildman–Crippen MR) is 117 cm³/mol. The van der Waals surface area contributed by atoms with Crippen LogP contribution in [0, 0.1) is 23.3 Å². The first-order valence-electron chi connectivity index (χ1n) is 10.5. The molecular formula is C22H21F4N3O8. The van der Waals surface area contributed by atoms with Crippen LogP contribution in [0.15, 0.2) is 29.2 Å². The number of Topliss-reactive ketones (excluding diaryl/α,β-unsaturated/α-hetero) is 1. The molecule has 0 spiro atoms. The largest absolute Gasteiger partial charge is 0.481 e. The number of nitrogens with one attached hydrogen (secondary N) is 2. The number of ether oxygens (including phenoxy) is 2. The number of ketones is 1. The molecule has 11 nitrogen and oxygen atoms in total. The summed E-state index contributed by atoms with van der Waals surface area (Å²) >= 11 is 0. The van der Waals surface area contributed by atoms with E-state index in [9.17, 15) is 41.5 Å². The second-order valence-corrected chi connectivity index (χ2v) is 7.39. The molecule has 37 heavy (non-hydrogen) atoms. The van der Waals surface area contributed by atoms with Crippen molar-refractivity contribution in [3.8, 4) is 5.75 Å². The summed E-state index contributed by atoms with van der Waals surface area (Å²) in [7, 11) is 1.07. The normalized spacial score (nSPS) is 12.3. The van der Waals surface area contributed by atoms with E-state index in [0.717, 1.165) is 11.7 Å². The van der Waals surface area contributed by atoms with Crippen molar-refractivity contribution in [3.63, 3.8) is 0 Å². The highest BCUT2D eigenvalue weighted by Gasteiger charge is 2.30. The zero-order valence-corrected chi connectivity index (χ0v) is 19.3. The molecule has 0 aliphatic rings. The van der Waals surface area contributed by atoms with Gasteiger partial charge in [-0.15, -0.1) is 0 Å². The van der Waals surface area contributed by atoms with Crippen LogP contribution in [0.3, 0.4) is 0 Å². The lowest BCUT2D eigenvalue weighted by Crippen LogP contribution is -2.48. The highest BCUT2D eigenvalue weighted by molar-refractivity contribution is 5.93. The number of aliphatic carboxylic acids is 1. The van der Waals surface area contributed by atoms with Gasteiger partial charge >= 0.3 is 12.1 Å². The molecular weight excluding hydrogens is 510 g/mol. The molecule has 0 fully saturated rings. The fourth-order valence-electron chi connectivity index (χ4n) is 3.13. The van der Waals surface area contributed by atoms with E-state index in [-0.39, 0.29) is 18.2 Å². The van der Waals surface area contributed by atoms with Crippen LogP contribution in [-0.2, 0) is 19.1 Å². The molecule has 2 aromatic rings. The molecule has 0 aliphatic carbocycles. The number of hydrogen-bond acceptors (Lipinski definition) is 7. The zero-order valence-electron chi connectivity index (χ0n) is 19.3. The Morgan fingerprint density at radius 3 is 2.27 bits per heavy atom. The van der Waals surface area contributed by atoms with E-state index in [1.54, 1.807) is 0 Å². The van der Waals surface area contributed by atoms with E-state index >= 15 is 0 Å². The average molecular weight is 531 g/mol. The van der Waals surface area contributed by atoms with Crippen LogP contribution in [0.2, 0.25) is 0 Å². The van der Waals surface area contributed by atoms with Crippen LogP contribution in [0.1, 0.15) is 25.8 Å². The molecule has 2 amide bonds. The summed E-state index contributed by atoms with van der Waals surface area (Å²) in [6.45, 7) is 0.239. The number of benzene rings is 1. The molecule has 2 rings (SSSR count). The molecule has 0 radical (unpaired) electrons. The molecule has 0 bridgehead atoms. The summed E-state index contributed by atoms with van der Waals surface area (Å²) in [5, 5.41) is 13.4. The molecule has 1 aromatic heterocycles. The predicted octanol–water partition coefficient (Wildman–Crippen LogP) is 2.14. The van der Waals surface area contributed by atoms with E-state index in [2.05, 4.69) is 20.1 Å². The first-order chi connectivity index (χ1) is 17.4. The lowest BCUT2D eigenvalue weighted by atomic mass is 10.1. The molecule has 0 saturated heterocycles. The van der Waals surface area contributed by atoms with Crippen molar-refractivity contribution >= 4 is 29.4 Å². The van der Waals surface area contributed by atoms with Gasteiger partial charge < -0.3 is 24.5 Å². The SMILES string of the molecule is CC[C@@H](C(=O)N[C@@H](CC(=O)O)C(=O)COc1c(F)c(F)cc(F)c1F)n1cccc(NC(=O)OC)c1=O. The number of amides is 2. The van der Waals surface area contributed by atoms with Gasteiger partial charge in [0.2, 0.25) is 17.5 Å². The molecule has 1 heterocycles. The van der Waals surface area contributed by atoms with Gasteiger partial charge in [-0.3, -0.25) is 24.5 Å². The maximum Gasteiger partial charge on any atom is 0.411 e. The third-order valence-corrected chi connectivity index (χ3v) is 4.94. The van der Waals surface area contributed by atoms with Gasteiger partial charge in [-0.05, 0) is 18.6 Å². The smallest absolute Gasteiger partial charge is 0.411 e. The van der Waals surface area contributed by atoms with Gasteiger partial charge in [0.05, 0.1) is 13.5 Å². The van der Waals surface area contributed by atoms with Gasteiger partial charge in [-0.2, -0.15) is 8.78 Å². The van der Waals surface area contributed by atoms with E-state index in [1.807, 2.05) is 0 Å². The van der Waals surface area contributed by atoms with Crippen molar-refractivity contribution in [1.29, 1.82) is 0 Å².